The van der Waals surface area contributed by atoms with Gasteiger partial charge in [0.1, 0.15) is 67.0 Å². The number of aromatic amines is 4. The molecule has 132 heavy (non-hydrogen) atoms. The molecule has 16 amide bonds. The van der Waals surface area contributed by atoms with Crippen LogP contribution in [0, 0.1) is 0 Å². The van der Waals surface area contributed by atoms with Gasteiger partial charge in [0.05, 0.1) is 45.2 Å². The molecule has 0 aliphatic heterocycles. The fraction of sp³-hybridized carbons (Fsp3) is 0.356. The molecule has 0 bridgehead atoms. The zero-order valence-electron chi connectivity index (χ0n) is 71.2. The molecule has 43 nitrogen and oxygen atoms in total. The lowest BCUT2D eigenvalue weighted by Gasteiger charge is -2.28. The van der Waals surface area contributed by atoms with Gasteiger partial charge < -0.3 is 132 Å². The van der Waals surface area contributed by atoms with Crippen molar-refractivity contribution in [3.05, 3.63) is 180 Å². The zero-order chi connectivity index (χ0) is 95.5. The minimum Gasteiger partial charge on any atom is -0.481 e. The van der Waals surface area contributed by atoms with Crippen molar-refractivity contribution in [1.82, 2.24) is 99.7 Å². The lowest BCUT2D eigenvalue weighted by molar-refractivity contribution is -0.140. The van der Waals surface area contributed by atoms with Crippen LogP contribution >= 0.6 is 25.3 Å². The Morgan fingerprint density at radius 2 is 0.636 bits per heavy atom. The number of fused-ring (bicyclic) bond motifs is 4. The number of amides is 16. The molecule has 4 heterocycles. The third kappa shape index (κ3) is 30.5. The van der Waals surface area contributed by atoms with E-state index in [1.807, 2.05) is 18.2 Å². The summed E-state index contributed by atoms with van der Waals surface area (Å²) >= 11 is 8.43. The van der Waals surface area contributed by atoms with Crippen molar-refractivity contribution in [2.75, 3.05) is 57.4 Å². The Morgan fingerprint density at radius 1 is 0.326 bits per heavy atom. The van der Waals surface area contributed by atoms with Crippen molar-refractivity contribution in [2.45, 2.75) is 137 Å². The van der Waals surface area contributed by atoms with E-state index in [0.717, 1.165) is 10.9 Å². The second-order valence-corrected chi connectivity index (χ2v) is 31.5. The highest BCUT2D eigenvalue weighted by molar-refractivity contribution is 7.80. The van der Waals surface area contributed by atoms with Gasteiger partial charge in [-0.3, -0.25) is 86.3 Å². The molecule has 0 unspecified atom stereocenters. The monoisotopic (exact) mass is 1860 g/mol. The highest BCUT2D eigenvalue weighted by atomic mass is 32.1. The summed E-state index contributed by atoms with van der Waals surface area (Å²) in [5.41, 5.74) is 22.9. The second-order valence-electron chi connectivity index (χ2n) is 30.8. The summed E-state index contributed by atoms with van der Waals surface area (Å²) in [4.78, 5) is 257. The van der Waals surface area contributed by atoms with E-state index >= 15 is 9.59 Å². The second kappa shape index (κ2) is 50.3. The van der Waals surface area contributed by atoms with Gasteiger partial charge in [-0.25, -0.2) is 0 Å². The van der Waals surface area contributed by atoms with Gasteiger partial charge in [-0.1, -0.05) is 103 Å². The van der Waals surface area contributed by atoms with E-state index in [9.17, 15) is 86.9 Å². The average molecular weight is 1860 g/mol. The van der Waals surface area contributed by atoms with Gasteiger partial charge in [-0.2, -0.15) is 25.3 Å². The number of benzene rings is 5. The summed E-state index contributed by atoms with van der Waals surface area (Å²) in [6.45, 7) is -5.10. The predicted octanol–water partition coefficient (Wildman–Crippen LogP) is -4.31. The van der Waals surface area contributed by atoms with E-state index in [1.165, 1.54) is 0 Å². The van der Waals surface area contributed by atoms with Crippen molar-refractivity contribution in [2.24, 2.45) is 17.2 Å². The molecule has 45 heteroatoms. The van der Waals surface area contributed by atoms with E-state index in [2.05, 4.69) is 125 Å². The molecule has 0 aliphatic rings. The Balaban J connectivity index is 0.860. The van der Waals surface area contributed by atoms with Crippen LogP contribution < -0.4 is 97.0 Å². The first-order chi connectivity index (χ1) is 63.3. The maximum absolute atomic E-state index is 15.4. The SMILES string of the molecule is NCCCC[C@H](NC(=O)[C@H](Cc1c[nH]c2ccccc12)NC(=O)[C@H](Cc1c[nH]c2ccccc12)NC(=O)[C@H](CO)NC(=O)CNC(=O)[C@H](Cc1c[nH]c2ccccc12)NC(=O)CNC(=O)[C@H](CS)NC(=O)CNC(=O)[C@H](CC(N)=O)NC(=O)[C@@H](N)Cc1c[nH]c2ccccc12)C(=O)N[C@@H](Cc1ccccc1)C(=O)N[C@@H](CS)C(=O)NCC(=O)N[C@@H](CCC(=O)O)C(=O)NCC(=O)O. The molecule has 0 fully saturated rings. The number of H-pyrrole nitrogens is 4. The molecule has 0 saturated carbocycles. The molecule has 9 aromatic rings. The van der Waals surface area contributed by atoms with Crippen molar-refractivity contribution in [3.8, 4) is 0 Å². The first-order valence-corrected chi connectivity index (χ1v) is 43.2. The number of unbranched alkanes of at least 4 members (excludes halogenated alkanes) is 1. The van der Waals surface area contributed by atoms with E-state index in [0.29, 0.717) is 66.9 Å². The maximum Gasteiger partial charge on any atom is 0.322 e. The van der Waals surface area contributed by atoms with Crippen LogP contribution in [0.5, 0.6) is 0 Å². The van der Waals surface area contributed by atoms with Crippen LogP contribution in [0.4, 0.5) is 0 Å². The Morgan fingerprint density at radius 3 is 1.05 bits per heavy atom. The zero-order valence-corrected chi connectivity index (χ0v) is 73.0. The number of thiol groups is 2. The van der Waals surface area contributed by atoms with Crippen molar-refractivity contribution in [1.29, 1.82) is 0 Å². The van der Waals surface area contributed by atoms with Crippen molar-refractivity contribution in [3.63, 3.8) is 0 Å². The number of carboxylic acids is 2. The minimum atomic E-state index is -1.85. The Hall–Kier alpha value is -14.7. The molecule has 0 spiro atoms. The largest absolute Gasteiger partial charge is 0.481 e. The summed E-state index contributed by atoms with van der Waals surface area (Å²) in [5.74, 6) is -19.1. The molecule has 11 atom stereocenters. The van der Waals surface area contributed by atoms with Crippen LogP contribution in [0.3, 0.4) is 0 Å². The van der Waals surface area contributed by atoms with Gasteiger partial charge in [0.15, 0.2) is 0 Å². The van der Waals surface area contributed by atoms with Crippen LogP contribution in [-0.4, -0.2) is 266 Å². The first kappa shape index (κ1) is 101. The van der Waals surface area contributed by atoms with E-state index in [-0.39, 0.29) is 63.0 Å². The van der Waals surface area contributed by atoms with Crippen LogP contribution in [-0.2, 0) is 118 Å². The number of carbonyl (C=O) groups excluding carboxylic acids is 16. The Kier molecular flexibility index (Phi) is 38.5. The minimum absolute atomic E-state index is 0.0490. The first-order valence-electron chi connectivity index (χ1n) is 41.9. The molecule has 0 radical (unpaired) electrons. The molecule has 9 rings (SSSR count). The number of carboxylic acid groups (broad SMARTS) is 2. The van der Waals surface area contributed by atoms with Gasteiger partial charge in [-0.15, -0.1) is 0 Å². The highest BCUT2D eigenvalue weighted by Crippen LogP contribution is 2.25. The molecule has 702 valence electrons. The van der Waals surface area contributed by atoms with Crippen molar-refractivity contribution < 1.29 is 102 Å². The Bertz CT molecular complexity index is 5650. The fourth-order valence-corrected chi connectivity index (χ4v) is 14.8. The lowest BCUT2D eigenvalue weighted by atomic mass is 10.00. The number of rotatable bonds is 53. The number of carbonyl (C=O) groups is 18. The number of hydrogen-bond acceptors (Lipinski definition) is 23. The number of hydrogen-bond donors (Lipinski definition) is 27. The van der Waals surface area contributed by atoms with E-state index in [4.69, 9.17) is 22.3 Å². The molecule has 28 N–H and O–H groups in total. The lowest BCUT2D eigenvalue weighted by Crippen LogP contribution is -2.61. The fourth-order valence-electron chi connectivity index (χ4n) is 14.2. The number of aliphatic carboxylic acids is 2. The van der Waals surface area contributed by atoms with E-state index < -0.39 is 232 Å². The number of aromatic nitrogens is 4. The van der Waals surface area contributed by atoms with Crippen LogP contribution in [0.15, 0.2) is 152 Å². The van der Waals surface area contributed by atoms with Crippen molar-refractivity contribution >= 4 is 175 Å². The van der Waals surface area contributed by atoms with Crippen LogP contribution in [0.2, 0.25) is 0 Å². The van der Waals surface area contributed by atoms with Gasteiger partial charge >= 0.3 is 11.9 Å². The number of para-hydroxylation sites is 4. The van der Waals surface area contributed by atoms with Crippen LogP contribution in [0.1, 0.15) is 66.3 Å². The number of primary amides is 1. The van der Waals surface area contributed by atoms with Crippen LogP contribution in [0.25, 0.3) is 43.6 Å². The third-order valence-electron chi connectivity index (χ3n) is 21.1. The number of aliphatic hydroxyl groups is 1. The summed E-state index contributed by atoms with van der Waals surface area (Å²) in [6.07, 6.45) is 4.22. The Labute approximate surface area is 764 Å². The molecule has 5 aromatic carbocycles. The summed E-state index contributed by atoms with van der Waals surface area (Å²) < 4.78 is 0. The molecular formula is C87H106N22O21S2. The highest BCUT2D eigenvalue weighted by Gasteiger charge is 2.37. The molecule has 0 saturated heterocycles. The third-order valence-corrected chi connectivity index (χ3v) is 21.8. The molecular weight excluding hydrogens is 1750 g/mol. The number of nitrogens with one attached hydrogen (secondary N) is 19. The average Bonchev–Trinajstić information content (AvgIpc) is 1.65. The number of aliphatic hydroxyl groups excluding tert-OH is 1. The number of nitrogens with two attached hydrogens (primary N) is 3. The topological polar surface area (TPSA) is 690 Å². The summed E-state index contributed by atoms with van der Waals surface area (Å²) in [7, 11) is 0. The van der Waals surface area contributed by atoms with Gasteiger partial charge in [0, 0.05) is 112 Å². The summed E-state index contributed by atoms with van der Waals surface area (Å²) in [6, 6.07) is 19.8. The standard InChI is InChI=1S/C87H106N22O21S2/c88-27-13-12-24-60(83(126)106-62(28-46-14-2-1-3-15-46)84(127)109-69(45-132)82(125)98-38-71(112)100-61(25-26-75(116)117)78(121)99-42-76(118)119)104-85(128)64(31-49-36-93-58-22-10-6-18-53(49)58)107-86(129)65(32-50-37-94-59-23-11-7-19-54(50)59)108-87(130)67(43-110)102-73(114)40-95-79(122)63(30-48-35-92-57-21-9-5-17-52(48)57)101-72(113)39-97-81(124)68(44-131)103-74(115)41-96-80(123)66(33-70(90)111)105-77(120)55(89)29-47-34-91-56-20-8-4-16-51(47)56/h1-11,14-23,34-37,55,60-69,91-94,110,131-132H,12-13,24-33,38-45,88-89H2,(H2,90,111)(H,95,122)(H,96,123)(H,97,124)(H,98,125)(H,99,121)(H,100,112)(H,101,113)(H,102,114)(H,103,115)(H,104,128)(H,105,120)(H,106,126)(H,107,129)(H,108,130)(H,109,127)(H,116,117)(H,118,119)/t55-,60-,61-,62-,63-,64-,65-,66-,67-,68-,69-/m0/s1. The quantitative estimate of drug-likeness (QED) is 0.0127. The molecule has 0 aliphatic carbocycles. The molecule has 4 aromatic heterocycles. The smallest absolute Gasteiger partial charge is 0.322 e. The normalized spacial score (nSPS) is 13.6. The summed E-state index contributed by atoms with van der Waals surface area (Å²) in [5, 5.41) is 68.5. The van der Waals surface area contributed by atoms with Gasteiger partial charge in [-0.05, 0) is 90.7 Å². The maximum atomic E-state index is 15.4. The van der Waals surface area contributed by atoms with Gasteiger partial charge in [0.2, 0.25) is 94.5 Å². The predicted molar refractivity (Wildman–Crippen MR) is 487 cm³/mol. The van der Waals surface area contributed by atoms with E-state index in [1.54, 1.807) is 134 Å². The van der Waals surface area contributed by atoms with Gasteiger partial charge in [0.25, 0.3) is 0 Å².